The number of carbonyl (C=O) groups is 1. The summed E-state index contributed by atoms with van der Waals surface area (Å²) in [4.78, 5) is 19.5. The molecule has 0 radical (unpaired) electrons. The zero-order chi connectivity index (χ0) is 18.6. The zero-order valence-corrected chi connectivity index (χ0v) is 16.5. The van der Waals surface area contributed by atoms with Crippen LogP contribution in [0.1, 0.15) is 33.9 Å². The lowest BCUT2D eigenvalue weighted by molar-refractivity contribution is 0.00212. The number of likely N-dealkylation sites (tertiary alicyclic amines) is 1. The molecule has 7 nitrogen and oxygen atoms in total. The summed E-state index contributed by atoms with van der Waals surface area (Å²) >= 11 is 1.71. The van der Waals surface area contributed by atoms with Crippen LogP contribution in [0.5, 0.6) is 0 Å². The van der Waals surface area contributed by atoms with Crippen LogP contribution in [0.3, 0.4) is 0 Å². The summed E-state index contributed by atoms with van der Waals surface area (Å²) in [5.74, 6) is 0.850. The second-order valence-corrected chi connectivity index (χ2v) is 9.12. The van der Waals surface area contributed by atoms with Gasteiger partial charge in [-0.2, -0.15) is 5.10 Å². The number of hydrogen-bond acceptors (Lipinski definition) is 6. The molecule has 3 fully saturated rings. The van der Waals surface area contributed by atoms with Gasteiger partial charge in [-0.05, 0) is 19.8 Å². The third-order valence-electron chi connectivity index (χ3n) is 6.45. The van der Waals surface area contributed by atoms with E-state index in [4.69, 9.17) is 4.74 Å². The summed E-state index contributed by atoms with van der Waals surface area (Å²) in [6.45, 7) is 5.47. The second kappa shape index (κ2) is 6.39. The molecule has 2 bridgehead atoms. The first-order chi connectivity index (χ1) is 13.0. The number of aromatic nitrogens is 3. The van der Waals surface area contributed by atoms with Crippen molar-refractivity contribution in [1.82, 2.24) is 25.0 Å². The van der Waals surface area contributed by atoms with Gasteiger partial charge in [-0.25, -0.2) is 4.98 Å². The van der Waals surface area contributed by atoms with E-state index < -0.39 is 0 Å². The van der Waals surface area contributed by atoms with Crippen molar-refractivity contribution < 1.29 is 9.53 Å². The molecule has 0 unspecified atom stereocenters. The standard InChI is InChI=1S/C19H25N5O2S/c1-12-14(8-23(2)22-12)18(25)21-7-13-15-9-24(10-17-20-5-6-27-17)11-19(15)4-3-16(13)26-19/h5-6,8,13,15-16H,3-4,7,9-11H2,1-2H3,(H,21,25)/t13-,15+,16+,19+/m0/s1. The number of nitrogens with one attached hydrogen (secondary N) is 1. The maximum atomic E-state index is 12.6. The lowest BCUT2D eigenvalue weighted by atomic mass is 9.73. The fourth-order valence-corrected chi connectivity index (χ4v) is 5.99. The maximum absolute atomic E-state index is 12.6. The fraction of sp³-hybridized carbons (Fsp3) is 0.632. The molecule has 3 saturated heterocycles. The predicted molar refractivity (Wildman–Crippen MR) is 101 cm³/mol. The van der Waals surface area contributed by atoms with Crippen LogP contribution < -0.4 is 5.32 Å². The van der Waals surface area contributed by atoms with E-state index in [2.05, 4.69) is 20.3 Å². The van der Waals surface area contributed by atoms with Crippen LogP contribution in [0.15, 0.2) is 17.8 Å². The molecule has 1 N–H and O–H groups in total. The monoisotopic (exact) mass is 387 g/mol. The number of carbonyl (C=O) groups excluding carboxylic acids is 1. The van der Waals surface area contributed by atoms with Gasteiger partial charge in [-0.1, -0.05) is 0 Å². The van der Waals surface area contributed by atoms with Gasteiger partial charge >= 0.3 is 0 Å². The van der Waals surface area contributed by atoms with E-state index in [1.165, 1.54) is 0 Å². The number of rotatable bonds is 5. The maximum Gasteiger partial charge on any atom is 0.254 e. The van der Waals surface area contributed by atoms with Crippen molar-refractivity contribution in [2.45, 2.75) is 38.0 Å². The molecule has 4 atom stereocenters. The van der Waals surface area contributed by atoms with E-state index in [0.29, 0.717) is 23.9 Å². The van der Waals surface area contributed by atoms with Gasteiger partial charge in [0.25, 0.3) is 5.91 Å². The molecule has 27 heavy (non-hydrogen) atoms. The van der Waals surface area contributed by atoms with Crippen molar-refractivity contribution in [2.75, 3.05) is 19.6 Å². The lowest BCUT2D eigenvalue weighted by Crippen LogP contribution is -2.42. The summed E-state index contributed by atoms with van der Waals surface area (Å²) in [6.07, 6.45) is 6.19. The summed E-state index contributed by atoms with van der Waals surface area (Å²) in [5, 5.41) is 10.6. The Balaban J connectivity index is 1.26. The number of fused-ring (bicyclic) bond motifs is 1. The first-order valence-corrected chi connectivity index (χ1v) is 10.5. The van der Waals surface area contributed by atoms with Crippen LogP contribution in [0.2, 0.25) is 0 Å². The predicted octanol–water partition coefficient (Wildman–Crippen LogP) is 1.59. The van der Waals surface area contributed by atoms with E-state index in [1.807, 2.05) is 25.5 Å². The number of thiazole rings is 1. The quantitative estimate of drug-likeness (QED) is 0.844. The van der Waals surface area contributed by atoms with Crippen LogP contribution >= 0.6 is 11.3 Å². The Kier molecular flexibility index (Phi) is 4.10. The topological polar surface area (TPSA) is 72.3 Å². The Morgan fingerprint density at radius 2 is 2.41 bits per heavy atom. The van der Waals surface area contributed by atoms with Gasteiger partial charge in [0.2, 0.25) is 0 Å². The van der Waals surface area contributed by atoms with E-state index in [-0.39, 0.29) is 17.6 Å². The molecule has 3 aliphatic heterocycles. The fourth-order valence-electron chi connectivity index (χ4n) is 5.33. The molecule has 0 aromatic carbocycles. The van der Waals surface area contributed by atoms with Crippen molar-refractivity contribution in [3.63, 3.8) is 0 Å². The molecule has 0 saturated carbocycles. The van der Waals surface area contributed by atoms with Crippen molar-refractivity contribution in [2.24, 2.45) is 18.9 Å². The highest BCUT2D eigenvalue weighted by atomic mass is 32.1. The summed E-state index contributed by atoms with van der Waals surface area (Å²) in [5.41, 5.74) is 1.42. The molecule has 8 heteroatoms. The number of nitrogens with zero attached hydrogens (tertiary/aromatic N) is 4. The lowest BCUT2D eigenvalue weighted by Gasteiger charge is -2.29. The smallest absolute Gasteiger partial charge is 0.254 e. The zero-order valence-electron chi connectivity index (χ0n) is 15.7. The van der Waals surface area contributed by atoms with Gasteiger partial charge in [-0.15, -0.1) is 11.3 Å². The Morgan fingerprint density at radius 3 is 3.15 bits per heavy atom. The average molecular weight is 388 g/mol. The van der Waals surface area contributed by atoms with Crippen molar-refractivity contribution in [3.05, 3.63) is 34.0 Å². The SMILES string of the molecule is Cc1nn(C)cc1C(=O)NC[C@H]1[C@H]2CN(Cc3nccs3)C[C@]23CC[C@H]1O3. The molecule has 5 heterocycles. The molecule has 3 aliphatic rings. The highest BCUT2D eigenvalue weighted by molar-refractivity contribution is 7.09. The second-order valence-electron chi connectivity index (χ2n) is 8.14. The van der Waals surface area contributed by atoms with Gasteiger partial charge in [-0.3, -0.25) is 14.4 Å². The Morgan fingerprint density at radius 1 is 1.52 bits per heavy atom. The Hall–Kier alpha value is -1.77. The number of ether oxygens (including phenoxy) is 1. The summed E-state index contributed by atoms with van der Waals surface area (Å²) in [7, 11) is 1.84. The van der Waals surface area contributed by atoms with E-state index in [0.717, 1.165) is 43.2 Å². The first kappa shape index (κ1) is 17.3. The van der Waals surface area contributed by atoms with Gasteiger partial charge in [0, 0.05) is 56.3 Å². The van der Waals surface area contributed by atoms with Crippen LogP contribution in [0.4, 0.5) is 0 Å². The molecule has 0 aliphatic carbocycles. The van der Waals surface area contributed by atoms with Gasteiger partial charge in [0.1, 0.15) is 5.01 Å². The highest BCUT2D eigenvalue weighted by Gasteiger charge is 2.62. The molecule has 5 rings (SSSR count). The van der Waals surface area contributed by atoms with E-state index >= 15 is 0 Å². The molecule has 2 aromatic rings. The minimum absolute atomic E-state index is 0.0124. The molecule has 2 aromatic heterocycles. The normalized spacial score (nSPS) is 32.1. The minimum atomic E-state index is -0.0323. The van der Waals surface area contributed by atoms with Gasteiger partial charge < -0.3 is 10.1 Å². The third-order valence-corrected chi connectivity index (χ3v) is 7.22. The van der Waals surface area contributed by atoms with Crippen molar-refractivity contribution in [1.29, 1.82) is 0 Å². The number of aryl methyl sites for hydroxylation is 2. The summed E-state index contributed by atoms with van der Waals surface area (Å²) < 4.78 is 8.17. The molecule has 1 amide bonds. The van der Waals surface area contributed by atoms with Crippen LogP contribution in [0, 0.1) is 18.8 Å². The Bertz CT molecular complexity index is 850. The van der Waals surface area contributed by atoms with E-state index in [9.17, 15) is 4.79 Å². The van der Waals surface area contributed by atoms with Gasteiger partial charge in [0.05, 0.1) is 29.5 Å². The van der Waals surface area contributed by atoms with Crippen molar-refractivity contribution >= 4 is 17.2 Å². The minimum Gasteiger partial charge on any atom is -0.370 e. The number of amides is 1. The molecular weight excluding hydrogens is 362 g/mol. The van der Waals surface area contributed by atoms with E-state index in [1.54, 1.807) is 22.2 Å². The molecule has 1 spiro atoms. The average Bonchev–Trinajstić information content (AvgIpc) is 3.41. The number of hydrogen-bond donors (Lipinski definition) is 1. The van der Waals surface area contributed by atoms with Crippen LogP contribution in [-0.2, 0) is 18.3 Å². The third kappa shape index (κ3) is 2.90. The van der Waals surface area contributed by atoms with Crippen LogP contribution in [0.25, 0.3) is 0 Å². The summed E-state index contributed by atoms with van der Waals surface area (Å²) in [6, 6.07) is 0. The Labute approximate surface area is 162 Å². The molecule has 144 valence electrons. The van der Waals surface area contributed by atoms with Crippen LogP contribution in [-0.4, -0.2) is 56.9 Å². The van der Waals surface area contributed by atoms with Gasteiger partial charge in [0.15, 0.2) is 0 Å². The van der Waals surface area contributed by atoms with Crippen molar-refractivity contribution in [3.8, 4) is 0 Å². The largest absolute Gasteiger partial charge is 0.370 e. The highest BCUT2D eigenvalue weighted by Crippen LogP contribution is 2.54. The first-order valence-electron chi connectivity index (χ1n) is 9.61. The molecular formula is C19H25N5O2S.